The van der Waals surface area contributed by atoms with Gasteiger partial charge in [-0.3, -0.25) is 9.48 Å². The number of amides is 1. The lowest BCUT2D eigenvalue weighted by Crippen LogP contribution is -2.45. The lowest BCUT2D eigenvalue weighted by molar-refractivity contribution is 0.0580. The number of likely N-dealkylation sites (tertiary alicyclic amines) is 1. The van der Waals surface area contributed by atoms with Crippen molar-refractivity contribution >= 4 is 5.91 Å². The van der Waals surface area contributed by atoms with Crippen molar-refractivity contribution in [3.05, 3.63) is 17.5 Å². The summed E-state index contributed by atoms with van der Waals surface area (Å²) in [4.78, 5) is 17.1. The predicted molar refractivity (Wildman–Crippen MR) is 84.4 cm³/mol. The smallest absolute Gasteiger partial charge is 0.272 e. The monoisotopic (exact) mass is 292 g/mol. The molecule has 1 aromatic rings. The van der Waals surface area contributed by atoms with E-state index in [1.807, 2.05) is 13.1 Å². The molecule has 5 heteroatoms. The highest BCUT2D eigenvalue weighted by atomic mass is 16.2. The minimum atomic E-state index is 0.146. The van der Waals surface area contributed by atoms with Crippen LogP contribution < -0.4 is 0 Å². The Hall–Kier alpha value is -1.36. The number of nitrogens with zero attached hydrogens (tertiary/aromatic N) is 4. The van der Waals surface area contributed by atoms with Crippen molar-refractivity contribution in [3.8, 4) is 0 Å². The molecule has 0 spiro atoms. The summed E-state index contributed by atoms with van der Waals surface area (Å²) < 4.78 is 1.73. The van der Waals surface area contributed by atoms with Crippen molar-refractivity contribution in [2.45, 2.75) is 45.1 Å². The first-order chi connectivity index (χ1) is 10.0. The van der Waals surface area contributed by atoms with Crippen LogP contribution in [-0.4, -0.2) is 58.7 Å². The summed E-state index contributed by atoms with van der Waals surface area (Å²) >= 11 is 0. The minimum absolute atomic E-state index is 0.146. The van der Waals surface area contributed by atoms with Gasteiger partial charge in [-0.15, -0.1) is 0 Å². The number of aryl methyl sites for hydroxylation is 2. The van der Waals surface area contributed by atoms with Crippen molar-refractivity contribution in [3.63, 3.8) is 0 Å². The van der Waals surface area contributed by atoms with E-state index < -0.39 is 0 Å². The van der Waals surface area contributed by atoms with E-state index in [1.165, 1.54) is 6.42 Å². The highest BCUT2D eigenvalue weighted by Crippen LogP contribution is 2.22. The van der Waals surface area contributed by atoms with E-state index in [9.17, 15) is 4.79 Å². The van der Waals surface area contributed by atoms with Crippen LogP contribution in [0.2, 0.25) is 0 Å². The van der Waals surface area contributed by atoms with Crippen LogP contribution in [0.5, 0.6) is 0 Å². The number of carbonyl (C=O) groups is 1. The van der Waals surface area contributed by atoms with Crippen molar-refractivity contribution in [2.75, 3.05) is 27.2 Å². The Morgan fingerprint density at radius 2 is 2.19 bits per heavy atom. The van der Waals surface area contributed by atoms with Crippen LogP contribution in [0, 0.1) is 0 Å². The SMILES string of the molecule is CCc1cc(C(=O)N2CCCCC2CCN(C)C)n(C)n1. The van der Waals surface area contributed by atoms with Crippen LogP contribution in [0.1, 0.15) is 48.8 Å². The molecule has 0 aliphatic carbocycles. The van der Waals surface area contributed by atoms with Crippen LogP contribution in [0.15, 0.2) is 6.07 Å². The second-order valence-electron chi connectivity index (χ2n) is 6.24. The Labute approximate surface area is 127 Å². The average molecular weight is 292 g/mol. The Kier molecular flexibility index (Phi) is 5.39. The fraction of sp³-hybridized carbons (Fsp3) is 0.750. The van der Waals surface area contributed by atoms with Crippen LogP contribution >= 0.6 is 0 Å². The Bertz CT molecular complexity index is 481. The molecule has 2 heterocycles. The standard InChI is InChI=1S/C16H28N4O/c1-5-13-12-15(19(4)17-13)16(21)20-10-7-6-8-14(20)9-11-18(2)3/h12,14H,5-11H2,1-4H3. The molecule has 0 aromatic carbocycles. The topological polar surface area (TPSA) is 41.4 Å². The van der Waals surface area contributed by atoms with E-state index in [4.69, 9.17) is 0 Å². The van der Waals surface area contributed by atoms with Gasteiger partial charge in [-0.2, -0.15) is 5.10 Å². The first-order valence-electron chi connectivity index (χ1n) is 8.01. The van der Waals surface area contributed by atoms with Gasteiger partial charge in [0.1, 0.15) is 5.69 Å². The molecule has 0 saturated carbocycles. The summed E-state index contributed by atoms with van der Waals surface area (Å²) in [6, 6.07) is 2.31. The van der Waals surface area contributed by atoms with Crippen molar-refractivity contribution in [1.29, 1.82) is 0 Å². The van der Waals surface area contributed by atoms with Gasteiger partial charge < -0.3 is 9.80 Å². The molecule has 1 aromatic heterocycles. The lowest BCUT2D eigenvalue weighted by atomic mass is 9.98. The van der Waals surface area contributed by atoms with Crippen LogP contribution in [0.4, 0.5) is 0 Å². The summed E-state index contributed by atoms with van der Waals surface area (Å²) in [5.41, 5.74) is 1.71. The highest BCUT2D eigenvalue weighted by Gasteiger charge is 2.29. The first-order valence-corrected chi connectivity index (χ1v) is 8.01. The lowest BCUT2D eigenvalue weighted by Gasteiger charge is -2.36. The van der Waals surface area contributed by atoms with Gasteiger partial charge in [0, 0.05) is 19.6 Å². The Balaban J connectivity index is 2.12. The summed E-state index contributed by atoms with van der Waals surface area (Å²) in [5.74, 6) is 0.146. The number of hydrogen-bond donors (Lipinski definition) is 0. The van der Waals surface area contributed by atoms with E-state index in [2.05, 4.69) is 35.9 Å². The van der Waals surface area contributed by atoms with E-state index in [0.717, 1.165) is 50.2 Å². The average Bonchev–Trinajstić information content (AvgIpc) is 2.86. The zero-order chi connectivity index (χ0) is 15.4. The fourth-order valence-corrected chi connectivity index (χ4v) is 3.02. The van der Waals surface area contributed by atoms with Gasteiger partial charge in [0.2, 0.25) is 0 Å². The molecule has 1 aliphatic heterocycles. The normalized spacial score (nSPS) is 19.3. The van der Waals surface area contributed by atoms with E-state index in [-0.39, 0.29) is 5.91 Å². The second-order valence-corrected chi connectivity index (χ2v) is 6.24. The third-order valence-corrected chi connectivity index (χ3v) is 4.31. The van der Waals surface area contributed by atoms with Gasteiger partial charge in [-0.05, 0) is 58.8 Å². The molecule has 0 bridgehead atoms. The maximum atomic E-state index is 12.9. The third kappa shape index (κ3) is 3.84. The summed E-state index contributed by atoms with van der Waals surface area (Å²) in [7, 11) is 6.04. The molecule has 1 aliphatic rings. The summed E-state index contributed by atoms with van der Waals surface area (Å²) in [5, 5.41) is 4.41. The van der Waals surface area contributed by atoms with Gasteiger partial charge in [0.25, 0.3) is 5.91 Å². The van der Waals surface area contributed by atoms with E-state index >= 15 is 0 Å². The fourth-order valence-electron chi connectivity index (χ4n) is 3.02. The van der Waals surface area contributed by atoms with Crippen molar-refractivity contribution < 1.29 is 4.79 Å². The Morgan fingerprint density at radius 1 is 1.43 bits per heavy atom. The molecule has 1 atom stereocenters. The zero-order valence-electron chi connectivity index (χ0n) is 13.8. The molecular formula is C16H28N4O. The van der Waals surface area contributed by atoms with Gasteiger partial charge >= 0.3 is 0 Å². The third-order valence-electron chi connectivity index (χ3n) is 4.31. The predicted octanol–water partition coefficient (Wildman–Crippen LogP) is 1.93. The molecule has 1 amide bonds. The van der Waals surface area contributed by atoms with E-state index in [0.29, 0.717) is 6.04 Å². The first kappa shape index (κ1) is 16.0. The molecule has 0 radical (unpaired) electrons. The second kappa shape index (κ2) is 7.07. The molecule has 0 N–H and O–H groups in total. The van der Waals surface area contributed by atoms with E-state index in [1.54, 1.807) is 4.68 Å². The van der Waals surface area contributed by atoms with Crippen molar-refractivity contribution in [2.24, 2.45) is 7.05 Å². The number of carbonyl (C=O) groups excluding carboxylic acids is 1. The number of piperidine rings is 1. The number of hydrogen-bond acceptors (Lipinski definition) is 3. The Morgan fingerprint density at radius 3 is 2.81 bits per heavy atom. The van der Waals surface area contributed by atoms with Crippen molar-refractivity contribution in [1.82, 2.24) is 19.6 Å². The molecular weight excluding hydrogens is 264 g/mol. The highest BCUT2D eigenvalue weighted by molar-refractivity contribution is 5.93. The maximum Gasteiger partial charge on any atom is 0.272 e. The molecule has 5 nitrogen and oxygen atoms in total. The van der Waals surface area contributed by atoms with Gasteiger partial charge in [-0.25, -0.2) is 0 Å². The molecule has 1 saturated heterocycles. The van der Waals surface area contributed by atoms with Crippen LogP contribution in [0.3, 0.4) is 0 Å². The molecule has 2 rings (SSSR count). The molecule has 21 heavy (non-hydrogen) atoms. The molecule has 1 unspecified atom stereocenters. The van der Waals surface area contributed by atoms with Crippen LogP contribution in [-0.2, 0) is 13.5 Å². The van der Waals surface area contributed by atoms with Gasteiger partial charge in [0.05, 0.1) is 5.69 Å². The molecule has 118 valence electrons. The van der Waals surface area contributed by atoms with Gasteiger partial charge in [0.15, 0.2) is 0 Å². The summed E-state index contributed by atoms with van der Waals surface area (Å²) in [6.45, 7) is 3.97. The zero-order valence-corrected chi connectivity index (χ0v) is 13.8. The van der Waals surface area contributed by atoms with Crippen LogP contribution in [0.25, 0.3) is 0 Å². The number of aromatic nitrogens is 2. The minimum Gasteiger partial charge on any atom is -0.334 e. The maximum absolute atomic E-state index is 12.9. The van der Waals surface area contributed by atoms with Gasteiger partial charge in [-0.1, -0.05) is 6.92 Å². The number of rotatable bonds is 5. The summed E-state index contributed by atoms with van der Waals surface area (Å²) in [6.07, 6.45) is 5.39. The quantitative estimate of drug-likeness (QED) is 0.832. The largest absolute Gasteiger partial charge is 0.334 e. The molecule has 1 fully saturated rings.